The molecule has 3 aromatic rings. The Hall–Kier alpha value is -2.63. The molecule has 0 bridgehead atoms. The number of thiophene rings is 1. The summed E-state index contributed by atoms with van der Waals surface area (Å²) in [7, 11) is 1.74. The van der Waals surface area contributed by atoms with Gasteiger partial charge in [-0.15, -0.1) is 11.3 Å². The van der Waals surface area contributed by atoms with Gasteiger partial charge in [0.25, 0.3) is 0 Å². The van der Waals surface area contributed by atoms with Gasteiger partial charge in [0.2, 0.25) is 5.91 Å². The largest absolute Gasteiger partial charge is 0.496 e. The van der Waals surface area contributed by atoms with E-state index in [9.17, 15) is 4.79 Å². The van der Waals surface area contributed by atoms with Crippen LogP contribution in [0.4, 0.5) is 5.69 Å². The predicted octanol–water partition coefficient (Wildman–Crippen LogP) is 5.78. The molecule has 5 rings (SSSR count). The molecule has 1 N–H and O–H groups in total. The summed E-state index contributed by atoms with van der Waals surface area (Å²) in [6.45, 7) is 3.36. The number of aryl methyl sites for hydroxylation is 2. The predicted molar refractivity (Wildman–Crippen MR) is 136 cm³/mol. The second-order valence-corrected chi connectivity index (χ2v) is 10.1. The van der Waals surface area contributed by atoms with Crippen molar-refractivity contribution in [2.75, 3.05) is 25.5 Å². The average Bonchev–Trinajstić information content (AvgIpc) is 3.23. The van der Waals surface area contributed by atoms with Gasteiger partial charge in [0.05, 0.1) is 19.7 Å². The molecule has 4 nitrogen and oxygen atoms in total. The molecule has 5 heteroatoms. The van der Waals surface area contributed by atoms with Crippen molar-refractivity contribution in [1.29, 1.82) is 0 Å². The number of carbonyl (C=O) groups excluding carboxylic acids is 1. The highest BCUT2D eigenvalue weighted by Gasteiger charge is 2.36. The van der Waals surface area contributed by atoms with Gasteiger partial charge in [0.15, 0.2) is 0 Å². The molecule has 0 saturated heterocycles. The second-order valence-electron chi connectivity index (χ2n) is 8.98. The molecule has 2 aliphatic rings. The summed E-state index contributed by atoms with van der Waals surface area (Å²) in [5.74, 6) is 0.934. The van der Waals surface area contributed by atoms with Crippen LogP contribution in [-0.4, -0.2) is 31.0 Å². The van der Waals surface area contributed by atoms with Gasteiger partial charge >= 0.3 is 0 Å². The first-order valence-corrected chi connectivity index (χ1v) is 12.9. The fourth-order valence-corrected chi connectivity index (χ4v) is 7.02. The molecule has 1 aliphatic carbocycles. The van der Waals surface area contributed by atoms with Gasteiger partial charge in [-0.2, -0.15) is 0 Å². The van der Waals surface area contributed by atoms with E-state index in [2.05, 4.69) is 35.3 Å². The van der Waals surface area contributed by atoms with E-state index in [-0.39, 0.29) is 11.9 Å². The lowest BCUT2D eigenvalue weighted by Crippen LogP contribution is -2.41. The summed E-state index contributed by atoms with van der Waals surface area (Å²) in [5, 5.41) is 3.17. The number of methoxy groups -OCH3 is 1. The first kappa shape index (κ1) is 22.2. The zero-order valence-corrected chi connectivity index (χ0v) is 20.3. The maximum absolute atomic E-state index is 13.2. The Morgan fingerprint density at radius 3 is 2.70 bits per heavy atom. The minimum absolute atomic E-state index is 0.0422. The van der Waals surface area contributed by atoms with E-state index in [1.807, 2.05) is 41.7 Å². The van der Waals surface area contributed by atoms with Crippen molar-refractivity contribution in [3.05, 3.63) is 80.5 Å². The van der Waals surface area contributed by atoms with Crippen LogP contribution in [0.15, 0.2) is 48.5 Å². The first-order valence-electron chi connectivity index (χ1n) is 12.1. The van der Waals surface area contributed by atoms with E-state index >= 15 is 0 Å². The molecule has 0 radical (unpaired) electrons. The number of anilines is 1. The average molecular weight is 461 g/mol. The Morgan fingerprint density at radius 2 is 1.85 bits per heavy atom. The number of hydrogen-bond donors (Lipinski definition) is 1. The summed E-state index contributed by atoms with van der Waals surface area (Å²) in [6, 6.07) is 16.4. The van der Waals surface area contributed by atoms with Crippen LogP contribution in [0.1, 0.15) is 57.8 Å². The number of hydrogen-bond acceptors (Lipinski definition) is 4. The maximum atomic E-state index is 13.2. The smallest absolute Gasteiger partial charge is 0.238 e. The highest BCUT2D eigenvalue weighted by Crippen LogP contribution is 2.46. The van der Waals surface area contributed by atoms with Crippen LogP contribution in [0.2, 0.25) is 0 Å². The second kappa shape index (κ2) is 9.70. The molecule has 1 aromatic heterocycles. The van der Waals surface area contributed by atoms with Crippen molar-refractivity contribution >= 4 is 22.9 Å². The van der Waals surface area contributed by atoms with Crippen molar-refractivity contribution in [2.45, 2.75) is 51.5 Å². The lowest BCUT2D eigenvalue weighted by molar-refractivity contribution is -0.117. The van der Waals surface area contributed by atoms with Crippen LogP contribution >= 0.6 is 11.3 Å². The van der Waals surface area contributed by atoms with Crippen molar-refractivity contribution < 1.29 is 9.53 Å². The number of benzene rings is 2. The third kappa shape index (κ3) is 4.32. The van der Waals surface area contributed by atoms with E-state index in [1.54, 1.807) is 23.1 Å². The SMILES string of the molecule is CCc1ccccc1NC(=O)CN1CCc2c(sc3c2CCCC3)C1c1ccccc1OC. The number of nitrogens with zero attached hydrogens (tertiary/aromatic N) is 1. The number of nitrogens with one attached hydrogen (secondary N) is 1. The third-order valence-electron chi connectivity index (χ3n) is 7.03. The topological polar surface area (TPSA) is 41.6 Å². The molecule has 2 heterocycles. The first-order chi connectivity index (χ1) is 16.2. The Morgan fingerprint density at radius 1 is 1.06 bits per heavy atom. The maximum Gasteiger partial charge on any atom is 0.238 e. The van der Waals surface area contributed by atoms with Crippen molar-refractivity contribution in [1.82, 2.24) is 4.90 Å². The van der Waals surface area contributed by atoms with Gasteiger partial charge in [0, 0.05) is 27.5 Å². The molecule has 0 saturated carbocycles. The monoisotopic (exact) mass is 460 g/mol. The molecule has 1 unspecified atom stereocenters. The number of ether oxygens (including phenoxy) is 1. The van der Waals surface area contributed by atoms with Gasteiger partial charge < -0.3 is 10.1 Å². The summed E-state index contributed by atoms with van der Waals surface area (Å²) in [5.41, 5.74) is 6.38. The summed E-state index contributed by atoms with van der Waals surface area (Å²) >= 11 is 1.97. The van der Waals surface area contributed by atoms with E-state index in [4.69, 9.17) is 4.74 Å². The fourth-order valence-electron chi connectivity index (χ4n) is 5.42. The minimum Gasteiger partial charge on any atom is -0.496 e. The zero-order valence-electron chi connectivity index (χ0n) is 19.5. The van der Waals surface area contributed by atoms with Crippen molar-refractivity contribution in [2.24, 2.45) is 0 Å². The molecule has 0 fully saturated rings. The fraction of sp³-hybridized carbons (Fsp3) is 0.393. The summed E-state index contributed by atoms with van der Waals surface area (Å²) < 4.78 is 5.77. The molecule has 0 spiro atoms. The lowest BCUT2D eigenvalue weighted by Gasteiger charge is -2.36. The van der Waals surface area contributed by atoms with Crippen LogP contribution in [-0.2, 0) is 30.5 Å². The minimum atomic E-state index is 0.0422. The van der Waals surface area contributed by atoms with Gasteiger partial charge in [-0.05, 0) is 67.3 Å². The normalized spacial score (nSPS) is 17.8. The Kier molecular flexibility index (Phi) is 6.52. The summed E-state index contributed by atoms with van der Waals surface area (Å²) in [6.07, 6.45) is 6.89. The van der Waals surface area contributed by atoms with Crippen LogP contribution in [0.3, 0.4) is 0 Å². The molecular formula is C28H32N2O2S. The molecule has 172 valence electrons. The quantitative estimate of drug-likeness (QED) is 0.507. The van der Waals surface area contributed by atoms with Gasteiger partial charge in [-0.3, -0.25) is 9.69 Å². The molecular weight excluding hydrogens is 428 g/mol. The Balaban J connectivity index is 1.48. The van der Waals surface area contributed by atoms with Gasteiger partial charge in [0.1, 0.15) is 5.75 Å². The number of rotatable bonds is 6. The number of amides is 1. The van der Waals surface area contributed by atoms with Crippen LogP contribution in [0.25, 0.3) is 0 Å². The molecule has 33 heavy (non-hydrogen) atoms. The Labute approximate surface area is 200 Å². The number of para-hydroxylation sites is 2. The zero-order chi connectivity index (χ0) is 22.8. The van der Waals surface area contributed by atoms with Gasteiger partial charge in [-0.1, -0.05) is 43.3 Å². The van der Waals surface area contributed by atoms with Gasteiger partial charge in [-0.25, -0.2) is 0 Å². The molecule has 1 amide bonds. The van der Waals surface area contributed by atoms with E-state index in [1.165, 1.54) is 36.1 Å². The number of carbonyl (C=O) groups is 1. The lowest BCUT2D eigenvalue weighted by atomic mass is 9.88. The molecule has 1 atom stereocenters. The Bertz CT molecular complexity index is 1150. The summed E-state index contributed by atoms with van der Waals surface area (Å²) in [4.78, 5) is 18.5. The van der Waals surface area contributed by atoms with E-state index < -0.39 is 0 Å². The standard InChI is InChI=1S/C28H32N2O2S/c1-3-19-10-4-7-13-23(19)29-26(31)18-30-17-16-21-20-11-6-9-15-25(20)33-28(21)27(30)22-12-5-8-14-24(22)32-2/h4-5,7-8,10,12-14,27H,3,6,9,11,15-18H2,1-2H3,(H,29,31). The highest BCUT2D eigenvalue weighted by molar-refractivity contribution is 7.12. The molecule has 1 aliphatic heterocycles. The van der Waals surface area contributed by atoms with E-state index in [0.29, 0.717) is 6.54 Å². The molecule has 2 aromatic carbocycles. The van der Waals surface area contributed by atoms with Crippen LogP contribution in [0.5, 0.6) is 5.75 Å². The van der Waals surface area contributed by atoms with E-state index in [0.717, 1.165) is 36.4 Å². The highest BCUT2D eigenvalue weighted by atomic mass is 32.1. The van der Waals surface area contributed by atoms with Crippen molar-refractivity contribution in [3.63, 3.8) is 0 Å². The van der Waals surface area contributed by atoms with Crippen molar-refractivity contribution in [3.8, 4) is 5.75 Å². The third-order valence-corrected chi connectivity index (χ3v) is 8.41. The van der Waals surface area contributed by atoms with Crippen LogP contribution < -0.4 is 10.1 Å². The number of fused-ring (bicyclic) bond motifs is 3. The van der Waals surface area contributed by atoms with Crippen LogP contribution in [0, 0.1) is 0 Å².